The summed E-state index contributed by atoms with van der Waals surface area (Å²) in [7, 11) is 0. The molecule has 1 aromatic carbocycles. The fraction of sp³-hybridized carbons (Fsp3) is 0.250. The van der Waals surface area contributed by atoms with Gasteiger partial charge in [-0.2, -0.15) is 13.9 Å². The predicted molar refractivity (Wildman–Crippen MR) is 83.8 cm³/mol. The molecule has 0 saturated heterocycles. The third kappa shape index (κ3) is 2.82. The highest BCUT2D eigenvalue weighted by Gasteiger charge is 2.35. The minimum Gasteiger partial charge on any atom is -0.434 e. The molecule has 4 rings (SSSR count). The normalized spacial score (nSPS) is 20.0. The van der Waals surface area contributed by atoms with E-state index in [-0.39, 0.29) is 17.5 Å². The van der Waals surface area contributed by atoms with E-state index in [0.717, 1.165) is 0 Å². The van der Waals surface area contributed by atoms with E-state index in [4.69, 9.17) is 16.3 Å². The molecule has 1 N–H and O–H groups in total. The Hall–Kier alpha value is -2.29. The summed E-state index contributed by atoms with van der Waals surface area (Å²) in [4.78, 5) is 4.36. The molecule has 1 aliphatic rings. The van der Waals surface area contributed by atoms with E-state index >= 15 is 0 Å². The summed E-state index contributed by atoms with van der Waals surface area (Å²) in [6.07, 6.45) is -1.73. The zero-order valence-corrected chi connectivity index (χ0v) is 13.4. The van der Waals surface area contributed by atoms with E-state index in [9.17, 15) is 13.9 Å². The Kier molecular flexibility index (Phi) is 4.03. The fourth-order valence-electron chi connectivity index (χ4n) is 2.92. The van der Waals surface area contributed by atoms with Crippen LogP contribution in [0.1, 0.15) is 29.2 Å². The molecule has 0 fully saturated rings. The Bertz CT molecular complexity index is 934. The molecule has 0 aliphatic carbocycles. The summed E-state index contributed by atoms with van der Waals surface area (Å²) in [5, 5.41) is 14.6. The first-order valence-electron chi connectivity index (χ1n) is 7.43. The first kappa shape index (κ1) is 16.2. The van der Waals surface area contributed by atoms with Crippen molar-refractivity contribution in [1.82, 2.24) is 14.6 Å². The zero-order valence-electron chi connectivity index (χ0n) is 12.6. The Morgan fingerprint density at radius 3 is 2.88 bits per heavy atom. The number of imidazole rings is 1. The molecule has 2 atom stereocenters. The molecular formula is C16H12ClF2N3O3. The number of hydrogen-bond acceptors (Lipinski definition) is 5. The van der Waals surface area contributed by atoms with Crippen LogP contribution in [0, 0.1) is 0 Å². The number of rotatable bonds is 3. The minimum absolute atomic E-state index is 0.0122. The standard InChI is InChI=1S/C16H12ClF2N3O3/c17-11-5-6-12-20-13-9(23)7-24-15(14(13)22(12)21-11)8-3-1-2-4-10(8)25-16(18)19/h1-6,9,15-16,23H,7H2/t9-,15-/m1/s1. The summed E-state index contributed by atoms with van der Waals surface area (Å²) < 4.78 is 37.2. The lowest BCUT2D eigenvalue weighted by Gasteiger charge is -2.27. The van der Waals surface area contributed by atoms with Crippen LogP contribution in [0.25, 0.3) is 5.65 Å². The second kappa shape index (κ2) is 6.21. The molecule has 9 heteroatoms. The average molecular weight is 368 g/mol. The predicted octanol–water partition coefficient (Wildman–Crippen LogP) is 3.14. The van der Waals surface area contributed by atoms with Crippen LogP contribution in [0.4, 0.5) is 8.78 Å². The Labute approximate surface area is 145 Å². The topological polar surface area (TPSA) is 68.9 Å². The van der Waals surface area contributed by atoms with Crippen LogP contribution >= 0.6 is 11.6 Å². The highest BCUT2D eigenvalue weighted by atomic mass is 35.5. The lowest BCUT2D eigenvalue weighted by molar-refractivity contribution is -0.0549. The lowest BCUT2D eigenvalue weighted by Crippen LogP contribution is -2.24. The molecule has 0 spiro atoms. The quantitative estimate of drug-likeness (QED) is 0.770. The first-order valence-corrected chi connectivity index (χ1v) is 7.81. The summed E-state index contributed by atoms with van der Waals surface area (Å²) in [5.41, 5.74) is 1.66. The maximum atomic E-state index is 12.7. The number of halogens is 3. The van der Waals surface area contributed by atoms with Crippen LogP contribution in [-0.2, 0) is 4.74 Å². The molecule has 0 saturated carbocycles. The highest BCUT2D eigenvalue weighted by Crippen LogP contribution is 2.40. The van der Waals surface area contributed by atoms with Crippen molar-refractivity contribution >= 4 is 17.2 Å². The maximum absolute atomic E-state index is 12.7. The van der Waals surface area contributed by atoms with Gasteiger partial charge < -0.3 is 14.6 Å². The van der Waals surface area contributed by atoms with Gasteiger partial charge in [-0.3, -0.25) is 0 Å². The van der Waals surface area contributed by atoms with Crippen molar-refractivity contribution in [3.63, 3.8) is 0 Å². The van der Waals surface area contributed by atoms with Crippen LogP contribution in [-0.4, -0.2) is 32.9 Å². The molecule has 25 heavy (non-hydrogen) atoms. The number of benzene rings is 1. The average Bonchev–Trinajstić information content (AvgIpc) is 2.95. The van der Waals surface area contributed by atoms with Crippen LogP contribution in [0.15, 0.2) is 36.4 Å². The highest BCUT2D eigenvalue weighted by molar-refractivity contribution is 6.29. The van der Waals surface area contributed by atoms with Gasteiger partial charge in [0.2, 0.25) is 0 Å². The number of ether oxygens (including phenoxy) is 2. The molecule has 6 nitrogen and oxygen atoms in total. The van der Waals surface area contributed by atoms with Crippen LogP contribution in [0.3, 0.4) is 0 Å². The van der Waals surface area contributed by atoms with Gasteiger partial charge >= 0.3 is 6.61 Å². The Morgan fingerprint density at radius 1 is 1.28 bits per heavy atom. The summed E-state index contributed by atoms with van der Waals surface area (Å²) in [6.45, 7) is -3.00. The van der Waals surface area contributed by atoms with Crippen molar-refractivity contribution in [1.29, 1.82) is 0 Å². The van der Waals surface area contributed by atoms with Crippen molar-refractivity contribution in [2.24, 2.45) is 0 Å². The first-order chi connectivity index (χ1) is 12.0. The number of aliphatic hydroxyl groups is 1. The van der Waals surface area contributed by atoms with Crippen LogP contribution < -0.4 is 4.74 Å². The maximum Gasteiger partial charge on any atom is 0.387 e. The molecule has 0 amide bonds. The molecule has 2 aromatic heterocycles. The van der Waals surface area contributed by atoms with Crippen LogP contribution in [0.2, 0.25) is 5.15 Å². The van der Waals surface area contributed by atoms with Crippen LogP contribution in [0.5, 0.6) is 5.75 Å². The van der Waals surface area contributed by atoms with Crippen molar-refractivity contribution in [2.75, 3.05) is 6.61 Å². The van der Waals surface area contributed by atoms with Gasteiger partial charge in [-0.1, -0.05) is 29.8 Å². The molecule has 1 aliphatic heterocycles. The minimum atomic E-state index is -2.97. The van der Waals surface area contributed by atoms with E-state index in [1.165, 1.54) is 10.6 Å². The number of para-hydroxylation sites is 1. The number of hydrogen-bond donors (Lipinski definition) is 1. The smallest absolute Gasteiger partial charge is 0.387 e. The number of aromatic nitrogens is 3. The van der Waals surface area contributed by atoms with Gasteiger partial charge in [0.1, 0.15) is 28.8 Å². The molecule has 0 unspecified atom stereocenters. The van der Waals surface area contributed by atoms with Gasteiger partial charge in [-0.15, -0.1) is 0 Å². The van der Waals surface area contributed by atoms with Crippen molar-refractivity contribution in [3.8, 4) is 5.75 Å². The second-order valence-corrected chi connectivity index (χ2v) is 5.84. The largest absolute Gasteiger partial charge is 0.434 e. The number of alkyl halides is 2. The van der Waals surface area contributed by atoms with Gasteiger partial charge in [-0.25, -0.2) is 9.50 Å². The van der Waals surface area contributed by atoms with Crippen molar-refractivity contribution in [3.05, 3.63) is 58.5 Å². The van der Waals surface area contributed by atoms with Gasteiger partial charge in [0, 0.05) is 5.56 Å². The summed E-state index contributed by atoms with van der Waals surface area (Å²) in [5.74, 6) is -0.0122. The number of aliphatic hydroxyl groups excluding tert-OH is 1. The molecule has 0 bridgehead atoms. The SMILES string of the molecule is O[C@@H]1CO[C@H](c2ccccc2OC(F)F)c2c1nc1ccc(Cl)nn21. The monoisotopic (exact) mass is 367 g/mol. The lowest BCUT2D eigenvalue weighted by atomic mass is 10.00. The summed E-state index contributed by atoms with van der Waals surface area (Å²) in [6, 6.07) is 9.55. The van der Waals surface area contributed by atoms with Crippen molar-refractivity contribution in [2.45, 2.75) is 18.8 Å². The molecule has 3 heterocycles. The van der Waals surface area contributed by atoms with Gasteiger partial charge in [0.05, 0.1) is 12.3 Å². The van der Waals surface area contributed by atoms with E-state index in [1.807, 2.05) is 0 Å². The van der Waals surface area contributed by atoms with E-state index in [1.54, 1.807) is 30.3 Å². The molecule has 3 aromatic rings. The van der Waals surface area contributed by atoms with E-state index < -0.39 is 18.8 Å². The van der Waals surface area contributed by atoms with Gasteiger partial charge in [0.15, 0.2) is 5.65 Å². The summed E-state index contributed by atoms with van der Waals surface area (Å²) >= 11 is 5.96. The van der Waals surface area contributed by atoms with Gasteiger partial charge in [-0.05, 0) is 18.2 Å². The van der Waals surface area contributed by atoms with Crippen molar-refractivity contribution < 1.29 is 23.4 Å². The number of nitrogens with zero attached hydrogens (tertiary/aromatic N) is 3. The van der Waals surface area contributed by atoms with E-state index in [2.05, 4.69) is 14.8 Å². The molecular weight excluding hydrogens is 356 g/mol. The second-order valence-electron chi connectivity index (χ2n) is 5.45. The Balaban J connectivity index is 1.91. The fourth-order valence-corrected chi connectivity index (χ4v) is 3.06. The van der Waals surface area contributed by atoms with Gasteiger partial charge in [0.25, 0.3) is 0 Å². The zero-order chi connectivity index (χ0) is 17.6. The Morgan fingerprint density at radius 2 is 2.08 bits per heavy atom. The van der Waals surface area contributed by atoms with E-state index in [0.29, 0.717) is 22.6 Å². The third-order valence-corrected chi connectivity index (χ3v) is 4.11. The third-order valence-electron chi connectivity index (χ3n) is 3.91. The molecule has 130 valence electrons. The molecule has 0 radical (unpaired) electrons. The number of fused-ring (bicyclic) bond motifs is 3.